The van der Waals surface area contributed by atoms with Gasteiger partial charge in [0.25, 0.3) is 0 Å². The fraction of sp³-hybridized carbons (Fsp3) is 0.881. The molecule has 17 nitrogen and oxygen atoms in total. The topological polar surface area (TPSA) is 290 Å². The number of aliphatic hydroxyl groups is 8. The number of carboxylic acids is 2. The summed E-state index contributed by atoms with van der Waals surface area (Å²) in [6.45, 7) is 11.6. The Balaban J connectivity index is 1.24. The van der Waals surface area contributed by atoms with Crippen LogP contribution in [0.1, 0.15) is 99.3 Å². The molecule has 0 spiro atoms. The fourth-order valence-corrected chi connectivity index (χ4v) is 13.5. The van der Waals surface area contributed by atoms with Crippen molar-refractivity contribution < 1.29 is 84.4 Å². The summed E-state index contributed by atoms with van der Waals surface area (Å²) in [6.07, 6.45) is -15.2. The lowest BCUT2D eigenvalue weighted by Gasteiger charge is -2.71. The number of ether oxygens (including phenoxy) is 4. The first kappa shape index (κ1) is 44.8. The number of rotatable bonds is 7. The molecule has 2 heterocycles. The minimum absolute atomic E-state index is 0.00603. The Kier molecular flexibility index (Phi) is 11.3. The van der Waals surface area contributed by atoms with Crippen LogP contribution in [-0.4, -0.2) is 149 Å². The number of hydrogen-bond acceptors (Lipinski definition) is 15. The minimum atomic E-state index is -2.07. The molecule has 6 fully saturated rings. The van der Waals surface area contributed by atoms with E-state index >= 15 is 4.79 Å². The van der Waals surface area contributed by atoms with Gasteiger partial charge in [-0.2, -0.15) is 0 Å². The van der Waals surface area contributed by atoms with E-state index in [1.54, 1.807) is 6.92 Å². The molecular weight excluding hydrogens is 776 g/mol. The van der Waals surface area contributed by atoms with E-state index in [0.29, 0.717) is 44.9 Å². The second kappa shape index (κ2) is 14.9. The van der Waals surface area contributed by atoms with Gasteiger partial charge < -0.3 is 70.0 Å². The van der Waals surface area contributed by atoms with Crippen LogP contribution in [0.2, 0.25) is 0 Å². The Labute approximate surface area is 343 Å². The van der Waals surface area contributed by atoms with Crippen molar-refractivity contribution in [2.24, 2.45) is 50.2 Å². The van der Waals surface area contributed by atoms with Crippen molar-refractivity contribution in [3.63, 3.8) is 0 Å². The number of aliphatic hydroxyl groups excluding tert-OH is 8. The van der Waals surface area contributed by atoms with E-state index in [1.165, 1.54) is 0 Å². The molecule has 10 N–H and O–H groups in total. The third-order valence-electron chi connectivity index (χ3n) is 17.3. The van der Waals surface area contributed by atoms with Gasteiger partial charge in [-0.15, -0.1) is 0 Å². The maximum atomic E-state index is 15.0. The summed E-state index contributed by atoms with van der Waals surface area (Å²) in [5, 5.41) is 107. The van der Waals surface area contributed by atoms with Gasteiger partial charge in [0.1, 0.15) is 42.0 Å². The van der Waals surface area contributed by atoms with Crippen molar-refractivity contribution in [3.8, 4) is 0 Å². The maximum Gasteiger partial charge on any atom is 0.335 e. The average Bonchev–Trinajstić information content (AvgIpc) is 3.15. The smallest absolute Gasteiger partial charge is 0.335 e. The molecule has 7 aliphatic rings. The number of aliphatic carboxylic acids is 2. The highest BCUT2D eigenvalue weighted by atomic mass is 16.8. The lowest BCUT2D eigenvalue weighted by molar-refractivity contribution is -0.360. The molecule has 2 saturated heterocycles. The zero-order chi connectivity index (χ0) is 43.6. The zero-order valence-corrected chi connectivity index (χ0v) is 34.6. The van der Waals surface area contributed by atoms with Crippen LogP contribution in [-0.2, 0) is 33.3 Å². The SMILES string of the molecule is CC1(C)CC[C@]2(C(=O)O[C@@H]3O[C@H](CO)[C@@H](O)[C@H](O)[C@H]3O[C@@H]3O[C@H](C(=O)O)[C@@H](O)[C@H](O)[C@H]3O)[C@H](O)C[C@]3(C)C(=CC[C@@H]4[C@@]5(C)CC[C@H](O)[C@@](C)(C(=O)O)[C@@H]5CC[C@]43C)[C@@H]2C1. The van der Waals surface area contributed by atoms with Gasteiger partial charge in [-0.3, -0.25) is 9.59 Å². The summed E-state index contributed by atoms with van der Waals surface area (Å²) in [4.78, 5) is 39.7. The minimum Gasteiger partial charge on any atom is -0.481 e. The van der Waals surface area contributed by atoms with E-state index < -0.39 is 131 Å². The van der Waals surface area contributed by atoms with Gasteiger partial charge in [0.05, 0.1) is 24.2 Å². The highest BCUT2D eigenvalue weighted by Gasteiger charge is 2.73. The second-order valence-corrected chi connectivity index (χ2v) is 20.6. The molecule has 20 atom stereocenters. The molecule has 334 valence electrons. The Morgan fingerprint density at radius 3 is 2.05 bits per heavy atom. The van der Waals surface area contributed by atoms with Crippen molar-refractivity contribution >= 4 is 17.9 Å². The van der Waals surface area contributed by atoms with E-state index in [4.69, 9.17) is 18.9 Å². The largest absolute Gasteiger partial charge is 0.481 e. The molecule has 59 heavy (non-hydrogen) atoms. The average molecular weight is 841 g/mol. The molecule has 5 aliphatic carbocycles. The molecule has 0 unspecified atom stereocenters. The monoisotopic (exact) mass is 840 g/mol. The van der Waals surface area contributed by atoms with Crippen LogP contribution < -0.4 is 0 Å². The first-order valence-electron chi connectivity index (χ1n) is 21.1. The van der Waals surface area contributed by atoms with Gasteiger partial charge in [-0.1, -0.05) is 46.3 Å². The molecule has 4 saturated carbocycles. The van der Waals surface area contributed by atoms with Crippen LogP contribution in [0.25, 0.3) is 0 Å². The Hall–Kier alpha value is -2.29. The third-order valence-corrected chi connectivity index (χ3v) is 17.3. The predicted molar refractivity (Wildman–Crippen MR) is 201 cm³/mol. The molecule has 2 aliphatic heterocycles. The van der Waals surface area contributed by atoms with Gasteiger partial charge in [0.15, 0.2) is 18.5 Å². The van der Waals surface area contributed by atoms with Gasteiger partial charge in [0.2, 0.25) is 6.29 Å². The van der Waals surface area contributed by atoms with Crippen LogP contribution in [0.3, 0.4) is 0 Å². The molecule has 0 radical (unpaired) electrons. The van der Waals surface area contributed by atoms with E-state index in [9.17, 15) is 60.7 Å². The first-order valence-corrected chi connectivity index (χ1v) is 21.1. The summed E-state index contributed by atoms with van der Waals surface area (Å²) >= 11 is 0. The molecule has 0 bridgehead atoms. The number of fused-ring (bicyclic) bond motifs is 7. The maximum absolute atomic E-state index is 15.0. The first-order chi connectivity index (χ1) is 27.4. The van der Waals surface area contributed by atoms with Crippen molar-refractivity contribution in [3.05, 3.63) is 11.6 Å². The molecule has 0 amide bonds. The van der Waals surface area contributed by atoms with Gasteiger partial charge in [0, 0.05) is 0 Å². The van der Waals surface area contributed by atoms with Crippen LogP contribution >= 0.6 is 0 Å². The molecule has 17 heteroatoms. The Morgan fingerprint density at radius 2 is 1.42 bits per heavy atom. The highest BCUT2D eigenvalue weighted by molar-refractivity contribution is 5.80. The lowest BCUT2D eigenvalue weighted by atomic mass is 9.33. The molecule has 0 aromatic heterocycles. The molecule has 0 aromatic carbocycles. The summed E-state index contributed by atoms with van der Waals surface area (Å²) in [5.41, 5.74) is -3.64. The molecule has 7 rings (SSSR count). The number of carbonyl (C=O) groups is 3. The van der Waals surface area contributed by atoms with Crippen molar-refractivity contribution in [2.75, 3.05) is 6.61 Å². The van der Waals surface area contributed by atoms with Gasteiger partial charge in [-0.25, -0.2) is 4.79 Å². The summed E-state index contributed by atoms with van der Waals surface area (Å²) in [7, 11) is 0. The number of allylic oxidation sites excluding steroid dienone is 2. The van der Waals surface area contributed by atoms with E-state index in [0.717, 1.165) is 5.57 Å². The quantitative estimate of drug-likeness (QED) is 0.123. The zero-order valence-electron chi connectivity index (χ0n) is 34.6. The normalized spacial score (nSPS) is 53.1. The van der Waals surface area contributed by atoms with E-state index in [1.807, 2.05) is 0 Å². The van der Waals surface area contributed by atoms with Crippen molar-refractivity contribution in [1.29, 1.82) is 0 Å². The predicted octanol–water partition coefficient (Wildman–Crippen LogP) is 0.444. The second-order valence-electron chi connectivity index (χ2n) is 20.6. The van der Waals surface area contributed by atoms with Crippen molar-refractivity contribution in [1.82, 2.24) is 0 Å². The highest BCUT2D eigenvalue weighted by Crippen LogP contribution is 2.76. The number of esters is 1. The van der Waals surface area contributed by atoms with Crippen LogP contribution in [0.5, 0.6) is 0 Å². The summed E-state index contributed by atoms with van der Waals surface area (Å²) < 4.78 is 22.9. The number of carbonyl (C=O) groups excluding carboxylic acids is 1. The number of carboxylic acid groups (broad SMARTS) is 2. The van der Waals surface area contributed by atoms with Crippen LogP contribution in [0.15, 0.2) is 11.6 Å². The van der Waals surface area contributed by atoms with E-state index in [2.05, 4.69) is 40.7 Å². The van der Waals surface area contributed by atoms with E-state index in [-0.39, 0.29) is 30.1 Å². The summed E-state index contributed by atoms with van der Waals surface area (Å²) in [6, 6.07) is 0. The fourth-order valence-electron chi connectivity index (χ4n) is 13.5. The standard InChI is InChI=1S/C42H64O17/c1-37(2)13-14-42(36(55)59-34-31(27(48)25(46)20(17-43)56-34)58-33-29(50)26(47)28(49)30(57-33)32(51)52)19(15-37)18-7-8-21-38(3)11-10-23(44)41(6,35(53)54)22(38)9-12-39(21,4)40(18,5)16-24(42)45/h7,19-31,33-34,43-50H,8-17H2,1-6H3,(H,51,52)(H,53,54)/t19-,20+,21+,22+,23-,24+,25+,26-,27-,28-,29+,30-,31+,33-,34-,38+,39+,40+,41-,42+/m0/s1. The van der Waals surface area contributed by atoms with Gasteiger partial charge >= 0.3 is 17.9 Å². The molecular formula is C42H64O17. The van der Waals surface area contributed by atoms with Crippen molar-refractivity contribution in [2.45, 2.75) is 173 Å². The van der Waals surface area contributed by atoms with Crippen LogP contribution in [0.4, 0.5) is 0 Å². The lowest BCUT2D eigenvalue weighted by Crippen LogP contribution is -2.69. The van der Waals surface area contributed by atoms with Gasteiger partial charge in [-0.05, 0) is 104 Å². The number of hydrogen-bond donors (Lipinski definition) is 10. The Bertz CT molecular complexity index is 1700. The molecule has 0 aromatic rings. The Morgan fingerprint density at radius 1 is 0.746 bits per heavy atom. The van der Waals surface area contributed by atoms with Crippen LogP contribution in [0, 0.1) is 50.2 Å². The third kappa shape index (κ3) is 6.38. The summed E-state index contributed by atoms with van der Waals surface area (Å²) in [5.74, 6) is -4.41.